The molecule has 0 saturated carbocycles. The standard InChI is InChI=1S/C21H23F2N3O2/c1-13(15-5-7-26(8-6-15)14(2)27)21(28)25-20-4-3-16(12-24-20)17-9-18(22)11-19(23)10-17/h3-4,9-13,15H,5-8H2,1-2H3,(H,24,25,28). The zero-order valence-corrected chi connectivity index (χ0v) is 15.9. The van der Waals surface area contributed by atoms with Gasteiger partial charge in [0.25, 0.3) is 0 Å². The monoisotopic (exact) mass is 387 g/mol. The Morgan fingerprint density at radius 3 is 2.29 bits per heavy atom. The summed E-state index contributed by atoms with van der Waals surface area (Å²) in [6.45, 7) is 4.79. The first-order valence-corrected chi connectivity index (χ1v) is 9.32. The van der Waals surface area contributed by atoms with Crippen LogP contribution in [0.4, 0.5) is 14.6 Å². The van der Waals surface area contributed by atoms with Crippen molar-refractivity contribution in [2.24, 2.45) is 11.8 Å². The molecule has 2 heterocycles. The van der Waals surface area contributed by atoms with Gasteiger partial charge in [-0.2, -0.15) is 0 Å². The number of nitrogens with zero attached hydrogens (tertiary/aromatic N) is 2. The molecule has 1 unspecified atom stereocenters. The average molecular weight is 387 g/mol. The molecule has 28 heavy (non-hydrogen) atoms. The van der Waals surface area contributed by atoms with Crippen molar-refractivity contribution in [3.8, 4) is 11.1 Å². The molecular formula is C21H23F2N3O2. The number of likely N-dealkylation sites (tertiary alicyclic amines) is 1. The first kappa shape index (κ1) is 19.9. The Bertz CT molecular complexity index is 842. The lowest BCUT2D eigenvalue weighted by molar-refractivity contribution is -0.130. The normalized spacial score (nSPS) is 15.9. The molecule has 7 heteroatoms. The molecule has 0 radical (unpaired) electrons. The fraction of sp³-hybridized carbons (Fsp3) is 0.381. The maximum absolute atomic E-state index is 13.4. The van der Waals surface area contributed by atoms with Gasteiger partial charge in [0.1, 0.15) is 17.5 Å². The van der Waals surface area contributed by atoms with E-state index in [1.807, 2.05) is 6.92 Å². The molecular weight excluding hydrogens is 364 g/mol. The fourth-order valence-electron chi connectivity index (χ4n) is 3.53. The molecule has 1 aliphatic rings. The van der Waals surface area contributed by atoms with Crippen molar-refractivity contribution in [1.29, 1.82) is 0 Å². The molecule has 1 aliphatic heterocycles. The molecule has 0 bridgehead atoms. The van der Waals surface area contributed by atoms with Crippen molar-refractivity contribution < 1.29 is 18.4 Å². The molecule has 5 nitrogen and oxygen atoms in total. The zero-order valence-electron chi connectivity index (χ0n) is 15.9. The van der Waals surface area contributed by atoms with E-state index in [-0.39, 0.29) is 23.7 Å². The van der Waals surface area contributed by atoms with Crippen LogP contribution in [0.3, 0.4) is 0 Å². The van der Waals surface area contributed by atoms with E-state index in [1.165, 1.54) is 18.3 Å². The maximum atomic E-state index is 13.4. The minimum Gasteiger partial charge on any atom is -0.343 e. The number of carbonyl (C=O) groups excluding carboxylic acids is 2. The van der Waals surface area contributed by atoms with Crippen molar-refractivity contribution in [3.05, 3.63) is 48.2 Å². The molecule has 1 N–H and O–H groups in total. The number of anilines is 1. The summed E-state index contributed by atoms with van der Waals surface area (Å²) < 4.78 is 26.7. The van der Waals surface area contributed by atoms with E-state index in [2.05, 4.69) is 10.3 Å². The summed E-state index contributed by atoms with van der Waals surface area (Å²) in [5.74, 6) is -0.970. The van der Waals surface area contributed by atoms with Gasteiger partial charge in [-0.1, -0.05) is 6.92 Å². The highest BCUT2D eigenvalue weighted by Gasteiger charge is 2.29. The second-order valence-electron chi connectivity index (χ2n) is 7.21. The largest absolute Gasteiger partial charge is 0.343 e. The molecule has 3 rings (SSSR count). The highest BCUT2D eigenvalue weighted by Crippen LogP contribution is 2.26. The molecule has 1 atom stereocenters. The van der Waals surface area contributed by atoms with Crippen molar-refractivity contribution in [3.63, 3.8) is 0 Å². The van der Waals surface area contributed by atoms with Gasteiger partial charge in [-0.25, -0.2) is 13.8 Å². The van der Waals surface area contributed by atoms with E-state index in [0.717, 1.165) is 18.9 Å². The second-order valence-corrected chi connectivity index (χ2v) is 7.21. The summed E-state index contributed by atoms with van der Waals surface area (Å²) in [7, 11) is 0. The molecule has 1 fully saturated rings. The summed E-state index contributed by atoms with van der Waals surface area (Å²) in [5.41, 5.74) is 0.939. The van der Waals surface area contributed by atoms with E-state index < -0.39 is 11.6 Å². The van der Waals surface area contributed by atoms with Crippen molar-refractivity contribution in [2.75, 3.05) is 18.4 Å². The minimum absolute atomic E-state index is 0.0676. The van der Waals surface area contributed by atoms with E-state index in [0.29, 0.717) is 30.0 Å². The number of benzene rings is 1. The topological polar surface area (TPSA) is 62.3 Å². The van der Waals surface area contributed by atoms with E-state index in [4.69, 9.17) is 0 Å². The third-order valence-corrected chi connectivity index (χ3v) is 5.32. The van der Waals surface area contributed by atoms with Gasteiger partial charge < -0.3 is 10.2 Å². The minimum atomic E-state index is -0.656. The van der Waals surface area contributed by atoms with Gasteiger partial charge in [-0.05, 0) is 48.6 Å². The Balaban J connectivity index is 1.60. The Morgan fingerprint density at radius 1 is 1.11 bits per heavy atom. The number of pyridine rings is 1. The van der Waals surface area contributed by atoms with Crippen LogP contribution in [0.5, 0.6) is 0 Å². The Morgan fingerprint density at radius 2 is 1.75 bits per heavy atom. The maximum Gasteiger partial charge on any atom is 0.228 e. The van der Waals surface area contributed by atoms with Crippen LogP contribution in [0.2, 0.25) is 0 Å². The van der Waals surface area contributed by atoms with Crippen molar-refractivity contribution >= 4 is 17.6 Å². The number of piperidine rings is 1. The lowest BCUT2D eigenvalue weighted by Gasteiger charge is -2.33. The molecule has 1 aromatic carbocycles. The van der Waals surface area contributed by atoms with Crippen molar-refractivity contribution in [1.82, 2.24) is 9.88 Å². The SMILES string of the molecule is CC(=O)N1CCC(C(C)C(=O)Nc2ccc(-c3cc(F)cc(F)c3)cn2)CC1. The third-order valence-electron chi connectivity index (χ3n) is 5.32. The van der Waals surface area contributed by atoms with Crippen LogP contribution < -0.4 is 5.32 Å². The zero-order chi connectivity index (χ0) is 20.3. The molecule has 2 amide bonds. The number of amides is 2. The summed E-state index contributed by atoms with van der Waals surface area (Å²) in [6.07, 6.45) is 3.07. The van der Waals surface area contributed by atoms with Crippen LogP contribution in [-0.2, 0) is 9.59 Å². The van der Waals surface area contributed by atoms with Gasteiger partial charge >= 0.3 is 0 Å². The van der Waals surface area contributed by atoms with E-state index in [1.54, 1.807) is 24.0 Å². The Kier molecular flexibility index (Phi) is 6.02. The molecule has 0 aliphatic carbocycles. The van der Waals surface area contributed by atoms with E-state index >= 15 is 0 Å². The first-order valence-electron chi connectivity index (χ1n) is 9.32. The summed E-state index contributed by atoms with van der Waals surface area (Å²) in [6, 6.07) is 6.55. The van der Waals surface area contributed by atoms with Crippen molar-refractivity contribution in [2.45, 2.75) is 26.7 Å². The number of carbonyl (C=O) groups is 2. The molecule has 0 spiro atoms. The van der Waals surface area contributed by atoms with Gasteiger partial charge in [0.2, 0.25) is 11.8 Å². The Hall–Kier alpha value is -2.83. The third kappa shape index (κ3) is 4.71. The van der Waals surface area contributed by atoms with Crippen LogP contribution in [0.1, 0.15) is 26.7 Å². The van der Waals surface area contributed by atoms with Gasteiger partial charge in [0, 0.05) is 43.8 Å². The average Bonchev–Trinajstić information content (AvgIpc) is 2.67. The Labute approximate surface area is 162 Å². The number of aromatic nitrogens is 1. The summed E-state index contributed by atoms with van der Waals surface area (Å²) >= 11 is 0. The van der Waals surface area contributed by atoms with Gasteiger partial charge in [-0.15, -0.1) is 0 Å². The van der Waals surface area contributed by atoms with Gasteiger partial charge in [0.15, 0.2) is 0 Å². The van der Waals surface area contributed by atoms with Gasteiger partial charge in [0.05, 0.1) is 0 Å². The van der Waals surface area contributed by atoms with Crippen LogP contribution in [0.15, 0.2) is 36.5 Å². The number of rotatable bonds is 4. The molecule has 2 aromatic rings. The summed E-state index contributed by atoms with van der Waals surface area (Å²) in [4.78, 5) is 29.9. The molecule has 148 valence electrons. The lowest BCUT2D eigenvalue weighted by atomic mass is 9.85. The fourth-order valence-corrected chi connectivity index (χ4v) is 3.53. The van der Waals surface area contributed by atoms with E-state index in [9.17, 15) is 18.4 Å². The van der Waals surface area contributed by atoms with Crippen LogP contribution in [0.25, 0.3) is 11.1 Å². The summed E-state index contributed by atoms with van der Waals surface area (Å²) in [5, 5.41) is 2.80. The molecule has 1 saturated heterocycles. The van der Waals surface area contributed by atoms with Crippen LogP contribution in [-0.4, -0.2) is 34.8 Å². The predicted octanol–water partition coefficient (Wildman–Crippen LogP) is 3.86. The van der Waals surface area contributed by atoms with Crippen LogP contribution in [0, 0.1) is 23.5 Å². The molecule has 1 aromatic heterocycles. The number of hydrogen-bond donors (Lipinski definition) is 1. The quantitative estimate of drug-likeness (QED) is 0.867. The first-order chi connectivity index (χ1) is 13.3. The number of hydrogen-bond acceptors (Lipinski definition) is 3. The van der Waals surface area contributed by atoms with Gasteiger partial charge in [-0.3, -0.25) is 9.59 Å². The smallest absolute Gasteiger partial charge is 0.228 e. The highest BCUT2D eigenvalue weighted by molar-refractivity contribution is 5.91. The second kappa shape index (κ2) is 8.46. The van der Waals surface area contributed by atoms with Crippen LogP contribution >= 0.6 is 0 Å². The lowest BCUT2D eigenvalue weighted by Crippen LogP contribution is -2.40. The number of halogens is 2. The predicted molar refractivity (Wildman–Crippen MR) is 102 cm³/mol. The highest BCUT2D eigenvalue weighted by atomic mass is 19.1. The number of nitrogens with one attached hydrogen (secondary N) is 1.